The lowest BCUT2D eigenvalue weighted by Gasteiger charge is -2.04. The van der Waals surface area contributed by atoms with Crippen molar-refractivity contribution in [3.63, 3.8) is 0 Å². The average molecular weight is 343 g/mol. The number of aromatic nitrogens is 2. The Labute approximate surface area is 145 Å². The van der Waals surface area contributed by atoms with Crippen molar-refractivity contribution < 1.29 is 9.53 Å². The fraction of sp³-hybridized carbons (Fsp3) is 0.389. The average Bonchev–Trinajstić information content (AvgIpc) is 3.34. The lowest BCUT2D eigenvalue weighted by atomic mass is 10.2. The Morgan fingerprint density at radius 3 is 2.83 bits per heavy atom. The van der Waals surface area contributed by atoms with E-state index in [0.717, 1.165) is 35.8 Å². The summed E-state index contributed by atoms with van der Waals surface area (Å²) in [4.78, 5) is 11.9. The molecule has 0 radical (unpaired) electrons. The zero-order valence-electron chi connectivity index (χ0n) is 13.7. The third kappa shape index (κ3) is 4.89. The molecule has 1 fully saturated rings. The second kappa shape index (κ2) is 8.06. The van der Waals surface area contributed by atoms with Crippen LogP contribution < -0.4 is 10.1 Å². The van der Waals surface area contributed by atoms with Gasteiger partial charge in [-0.25, -0.2) is 0 Å². The minimum absolute atomic E-state index is 0.197. The first kappa shape index (κ1) is 16.6. The van der Waals surface area contributed by atoms with E-state index in [1.54, 1.807) is 6.08 Å². The largest absolute Gasteiger partial charge is 0.494 e. The van der Waals surface area contributed by atoms with E-state index in [9.17, 15) is 4.79 Å². The molecular formula is C18H21N3O2S. The smallest absolute Gasteiger partial charge is 0.250 e. The minimum Gasteiger partial charge on any atom is -0.494 e. The van der Waals surface area contributed by atoms with E-state index >= 15 is 0 Å². The molecule has 0 bridgehead atoms. The first-order valence-electron chi connectivity index (χ1n) is 8.30. The molecule has 0 saturated heterocycles. The Bertz CT molecular complexity index is 705. The Hall–Kier alpha value is -2.21. The fourth-order valence-electron chi connectivity index (χ4n) is 2.11. The number of rotatable bonds is 8. The van der Waals surface area contributed by atoms with Gasteiger partial charge in [0.15, 0.2) is 0 Å². The van der Waals surface area contributed by atoms with Crippen LogP contribution in [0.15, 0.2) is 30.3 Å². The molecule has 1 N–H and O–H groups in total. The summed E-state index contributed by atoms with van der Waals surface area (Å²) in [6.07, 6.45) is 7.81. The quantitative estimate of drug-likeness (QED) is 0.575. The molecule has 24 heavy (non-hydrogen) atoms. The van der Waals surface area contributed by atoms with Gasteiger partial charge in [-0.05, 0) is 43.0 Å². The number of anilines is 1. The van der Waals surface area contributed by atoms with Crippen molar-refractivity contribution in [3.8, 4) is 5.75 Å². The highest BCUT2D eigenvalue weighted by molar-refractivity contribution is 7.15. The van der Waals surface area contributed by atoms with Gasteiger partial charge in [-0.3, -0.25) is 10.1 Å². The van der Waals surface area contributed by atoms with Gasteiger partial charge in [0.25, 0.3) is 0 Å². The molecule has 0 unspecified atom stereocenters. The molecule has 1 amide bonds. The standard InChI is InChI=1S/C18H21N3O2S/c1-2-3-12-23-15-9-4-13(5-10-15)6-11-16(22)19-18-21-20-17(24-18)14-7-8-14/h4-6,9-11,14H,2-3,7-8,12H2,1H3,(H,19,21,22)/b11-6+. The topological polar surface area (TPSA) is 64.1 Å². The monoisotopic (exact) mass is 343 g/mol. The SMILES string of the molecule is CCCCOc1ccc(/C=C/C(=O)Nc2nnc(C3CC3)s2)cc1. The third-order valence-electron chi connectivity index (χ3n) is 3.67. The maximum atomic E-state index is 11.9. The number of unbranched alkanes of at least 4 members (excludes halogenated alkanes) is 1. The van der Waals surface area contributed by atoms with E-state index in [2.05, 4.69) is 22.4 Å². The van der Waals surface area contributed by atoms with Gasteiger partial charge in [0.1, 0.15) is 10.8 Å². The Kier molecular flexibility index (Phi) is 5.59. The van der Waals surface area contributed by atoms with E-state index in [1.165, 1.54) is 30.3 Å². The molecule has 0 atom stereocenters. The summed E-state index contributed by atoms with van der Waals surface area (Å²) in [5, 5.41) is 12.4. The zero-order valence-corrected chi connectivity index (χ0v) is 14.5. The normalized spacial score (nSPS) is 14.0. The molecule has 0 aliphatic heterocycles. The van der Waals surface area contributed by atoms with Crippen LogP contribution >= 0.6 is 11.3 Å². The van der Waals surface area contributed by atoms with Gasteiger partial charge in [-0.1, -0.05) is 36.8 Å². The molecule has 2 aromatic rings. The van der Waals surface area contributed by atoms with E-state index < -0.39 is 0 Å². The number of nitrogens with zero attached hydrogens (tertiary/aromatic N) is 2. The van der Waals surface area contributed by atoms with Crippen molar-refractivity contribution in [1.82, 2.24) is 10.2 Å². The third-order valence-corrected chi connectivity index (χ3v) is 4.67. The van der Waals surface area contributed by atoms with Crippen LogP contribution in [0.25, 0.3) is 6.08 Å². The van der Waals surface area contributed by atoms with Gasteiger partial charge in [0, 0.05) is 12.0 Å². The molecular weight excluding hydrogens is 322 g/mol. The van der Waals surface area contributed by atoms with E-state index in [0.29, 0.717) is 11.0 Å². The van der Waals surface area contributed by atoms with Gasteiger partial charge in [0.05, 0.1) is 6.61 Å². The van der Waals surface area contributed by atoms with Crippen molar-refractivity contribution in [2.45, 2.75) is 38.5 Å². The second-order valence-electron chi connectivity index (χ2n) is 5.81. The molecule has 126 valence electrons. The Morgan fingerprint density at radius 1 is 1.33 bits per heavy atom. The first-order chi connectivity index (χ1) is 11.7. The highest BCUT2D eigenvalue weighted by atomic mass is 32.1. The molecule has 1 aromatic heterocycles. The zero-order chi connectivity index (χ0) is 16.8. The van der Waals surface area contributed by atoms with E-state index in [-0.39, 0.29) is 5.91 Å². The lowest BCUT2D eigenvalue weighted by molar-refractivity contribution is -0.111. The number of benzene rings is 1. The van der Waals surface area contributed by atoms with Gasteiger partial charge in [-0.15, -0.1) is 10.2 Å². The van der Waals surface area contributed by atoms with Crippen molar-refractivity contribution in [2.24, 2.45) is 0 Å². The first-order valence-corrected chi connectivity index (χ1v) is 9.11. The summed E-state index contributed by atoms with van der Waals surface area (Å²) < 4.78 is 5.62. The van der Waals surface area contributed by atoms with Crippen LogP contribution in [0.2, 0.25) is 0 Å². The molecule has 5 nitrogen and oxygen atoms in total. The molecule has 1 saturated carbocycles. The van der Waals surface area contributed by atoms with Gasteiger partial charge >= 0.3 is 0 Å². The number of hydrogen-bond donors (Lipinski definition) is 1. The van der Waals surface area contributed by atoms with Crippen LogP contribution in [0.1, 0.15) is 49.1 Å². The predicted octanol–water partition coefficient (Wildman–Crippen LogP) is 4.25. The van der Waals surface area contributed by atoms with Crippen LogP contribution in [0.3, 0.4) is 0 Å². The summed E-state index contributed by atoms with van der Waals surface area (Å²) in [6.45, 7) is 2.87. The maximum absolute atomic E-state index is 11.9. The summed E-state index contributed by atoms with van der Waals surface area (Å²) in [7, 11) is 0. The Morgan fingerprint density at radius 2 is 2.12 bits per heavy atom. The van der Waals surface area contributed by atoms with Crippen molar-refractivity contribution in [2.75, 3.05) is 11.9 Å². The number of hydrogen-bond acceptors (Lipinski definition) is 5. The van der Waals surface area contributed by atoms with Crippen LogP contribution in [0.4, 0.5) is 5.13 Å². The number of carbonyl (C=O) groups is 1. The molecule has 1 aliphatic carbocycles. The lowest BCUT2D eigenvalue weighted by Crippen LogP contribution is -2.07. The Balaban J connectivity index is 1.49. The fourth-order valence-corrected chi connectivity index (χ4v) is 3.02. The summed E-state index contributed by atoms with van der Waals surface area (Å²) in [5.41, 5.74) is 0.948. The second-order valence-corrected chi connectivity index (χ2v) is 6.82. The predicted molar refractivity (Wildman–Crippen MR) is 96.4 cm³/mol. The van der Waals surface area contributed by atoms with Gasteiger partial charge in [0.2, 0.25) is 11.0 Å². The summed E-state index contributed by atoms with van der Waals surface area (Å²) >= 11 is 1.46. The number of nitrogens with one attached hydrogen (secondary N) is 1. The minimum atomic E-state index is -0.197. The summed E-state index contributed by atoms with van der Waals surface area (Å²) in [6, 6.07) is 7.70. The van der Waals surface area contributed by atoms with Crippen LogP contribution in [-0.4, -0.2) is 22.7 Å². The van der Waals surface area contributed by atoms with Crippen LogP contribution in [0, 0.1) is 0 Å². The number of ether oxygens (including phenoxy) is 1. The maximum Gasteiger partial charge on any atom is 0.250 e. The summed E-state index contributed by atoms with van der Waals surface area (Å²) in [5.74, 6) is 1.21. The van der Waals surface area contributed by atoms with Gasteiger partial charge < -0.3 is 4.74 Å². The number of amides is 1. The van der Waals surface area contributed by atoms with Crippen molar-refractivity contribution in [1.29, 1.82) is 0 Å². The molecule has 1 aromatic carbocycles. The van der Waals surface area contributed by atoms with E-state index in [1.807, 2.05) is 24.3 Å². The van der Waals surface area contributed by atoms with Crippen molar-refractivity contribution >= 4 is 28.5 Å². The highest BCUT2D eigenvalue weighted by Gasteiger charge is 2.27. The molecule has 1 heterocycles. The van der Waals surface area contributed by atoms with E-state index in [4.69, 9.17) is 4.74 Å². The van der Waals surface area contributed by atoms with Crippen molar-refractivity contribution in [3.05, 3.63) is 40.9 Å². The molecule has 6 heteroatoms. The molecule has 1 aliphatic rings. The highest BCUT2D eigenvalue weighted by Crippen LogP contribution is 2.42. The van der Waals surface area contributed by atoms with Gasteiger partial charge in [-0.2, -0.15) is 0 Å². The van der Waals surface area contributed by atoms with Crippen LogP contribution in [0.5, 0.6) is 5.75 Å². The molecule has 0 spiro atoms. The van der Waals surface area contributed by atoms with Crippen LogP contribution in [-0.2, 0) is 4.79 Å². The number of carbonyl (C=O) groups excluding carboxylic acids is 1. The molecule has 3 rings (SSSR count).